The molecule has 1 saturated heterocycles. The maximum atomic E-state index is 4.19. The van der Waals surface area contributed by atoms with Crippen LogP contribution in [0.5, 0.6) is 0 Å². The molecule has 2 aliphatic rings. The molecule has 1 fully saturated rings. The molecule has 0 amide bonds. The van der Waals surface area contributed by atoms with Gasteiger partial charge in [-0.3, -0.25) is 4.90 Å². The SMILES string of the molecule is C=C1CC[C@H](CN2CCc3c(C)c(C(C)(C)C)c(C)c(C)c3C2)N1C. The Hall–Kier alpha value is -1.28. The fourth-order valence-corrected chi connectivity index (χ4v) is 5.18. The molecule has 2 heteroatoms. The van der Waals surface area contributed by atoms with E-state index in [2.05, 4.69) is 65.0 Å². The van der Waals surface area contributed by atoms with Crippen molar-refractivity contribution in [3.8, 4) is 0 Å². The third kappa shape index (κ3) is 3.26. The highest BCUT2D eigenvalue weighted by Gasteiger charge is 2.30. The first-order valence-corrected chi connectivity index (χ1v) is 9.86. The molecule has 138 valence electrons. The number of likely N-dealkylation sites (N-methyl/N-ethyl adjacent to an activating group) is 1. The van der Waals surface area contributed by atoms with Crippen molar-refractivity contribution in [3.05, 3.63) is 45.7 Å². The van der Waals surface area contributed by atoms with E-state index in [1.54, 1.807) is 22.3 Å². The molecule has 0 unspecified atom stereocenters. The fraction of sp³-hybridized carbons (Fsp3) is 0.652. The molecule has 0 radical (unpaired) electrons. The Bertz CT molecular complexity index is 693. The summed E-state index contributed by atoms with van der Waals surface area (Å²) >= 11 is 0. The van der Waals surface area contributed by atoms with Crippen LogP contribution in [0, 0.1) is 20.8 Å². The predicted octanol–water partition coefficient (Wildman–Crippen LogP) is 4.88. The molecular formula is C23H36N2. The van der Waals surface area contributed by atoms with Gasteiger partial charge in [-0.15, -0.1) is 0 Å². The maximum Gasteiger partial charge on any atom is 0.0414 e. The molecule has 0 saturated carbocycles. The topological polar surface area (TPSA) is 6.48 Å². The van der Waals surface area contributed by atoms with Crippen LogP contribution >= 0.6 is 0 Å². The van der Waals surface area contributed by atoms with Gasteiger partial charge in [0.1, 0.15) is 0 Å². The number of fused-ring (bicyclic) bond motifs is 1. The van der Waals surface area contributed by atoms with Crippen LogP contribution < -0.4 is 0 Å². The first-order valence-electron chi connectivity index (χ1n) is 9.86. The van der Waals surface area contributed by atoms with Gasteiger partial charge in [0.25, 0.3) is 0 Å². The maximum absolute atomic E-state index is 4.19. The fourth-order valence-electron chi connectivity index (χ4n) is 5.18. The number of rotatable bonds is 2. The van der Waals surface area contributed by atoms with Crippen molar-refractivity contribution in [2.24, 2.45) is 0 Å². The summed E-state index contributed by atoms with van der Waals surface area (Å²) in [5.41, 5.74) is 10.9. The summed E-state index contributed by atoms with van der Waals surface area (Å²) in [6.45, 7) is 21.8. The van der Waals surface area contributed by atoms with Crippen LogP contribution in [0.4, 0.5) is 0 Å². The molecule has 25 heavy (non-hydrogen) atoms. The molecular weight excluding hydrogens is 304 g/mol. The van der Waals surface area contributed by atoms with E-state index in [9.17, 15) is 0 Å². The second kappa shape index (κ2) is 6.46. The van der Waals surface area contributed by atoms with Crippen molar-refractivity contribution in [3.63, 3.8) is 0 Å². The van der Waals surface area contributed by atoms with Gasteiger partial charge in [0.2, 0.25) is 0 Å². The monoisotopic (exact) mass is 340 g/mol. The smallest absolute Gasteiger partial charge is 0.0414 e. The highest BCUT2D eigenvalue weighted by atomic mass is 15.2. The lowest BCUT2D eigenvalue weighted by atomic mass is 9.75. The van der Waals surface area contributed by atoms with Gasteiger partial charge in [-0.05, 0) is 78.8 Å². The number of nitrogens with zero attached hydrogens (tertiary/aromatic N) is 2. The van der Waals surface area contributed by atoms with Crippen molar-refractivity contribution in [1.29, 1.82) is 0 Å². The average molecular weight is 341 g/mol. The van der Waals surface area contributed by atoms with Gasteiger partial charge in [-0.25, -0.2) is 0 Å². The summed E-state index contributed by atoms with van der Waals surface area (Å²) in [5, 5.41) is 0. The zero-order valence-electron chi connectivity index (χ0n) is 17.4. The molecule has 2 heterocycles. The van der Waals surface area contributed by atoms with E-state index in [4.69, 9.17) is 0 Å². The Morgan fingerprint density at radius 3 is 2.24 bits per heavy atom. The minimum absolute atomic E-state index is 0.220. The van der Waals surface area contributed by atoms with Gasteiger partial charge in [-0.2, -0.15) is 0 Å². The Kier molecular flexibility index (Phi) is 4.79. The lowest BCUT2D eigenvalue weighted by Crippen LogP contribution is -2.41. The summed E-state index contributed by atoms with van der Waals surface area (Å²) in [4.78, 5) is 5.08. The zero-order chi connectivity index (χ0) is 18.5. The number of hydrogen-bond donors (Lipinski definition) is 0. The first kappa shape index (κ1) is 18.5. The van der Waals surface area contributed by atoms with Crippen LogP contribution in [0.2, 0.25) is 0 Å². The van der Waals surface area contributed by atoms with E-state index in [1.807, 2.05) is 0 Å². The Morgan fingerprint density at radius 1 is 1.00 bits per heavy atom. The molecule has 0 aromatic heterocycles. The second-order valence-corrected chi connectivity index (χ2v) is 9.31. The third-order valence-electron chi connectivity index (χ3n) is 6.67. The van der Waals surface area contributed by atoms with Crippen LogP contribution in [0.1, 0.15) is 67.0 Å². The first-order chi connectivity index (χ1) is 11.6. The summed E-state index contributed by atoms with van der Waals surface area (Å²) in [6, 6.07) is 0.644. The van der Waals surface area contributed by atoms with Gasteiger partial charge >= 0.3 is 0 Å². The zero-order valence-corrected chi connectivity index (χ0v) is 17.4. The average Bonchev–Trinajstić information content (AvgIpc) is 2.83. The second-order valence-electron chi connectivity index (χ2n) is 9.31. The standard InChI is InChI=1S/C23H36N2/c1-15-9-10-19(24(15)8)13-25-12-11-20-18(4)22(23(5,6)7)17(3)16(2)21(20)14-25/h19H,1,9-14H2,2-8H3/t19-/m1/s1. The summed E-state index contributed by atoms with van der Waals surface area (Å²) in [5.74, 6) is 0. The minimum Gasteiger partial charge on any atom is -0.374 e. The van der Waals surface area contributed by atoms with Crippen molar-refractivity contribution in [2.45, 2.75) is 78.8 Å². The van der Waals surface area contributed by atoms with E-state index in [0.717, 1.165) is 13.0 Å². The molecule has 3 rings (SSSR count). The molecule has 2 aliphatic heterocycles. The van der Waals surface area contributed by atoms with Crippen LogP contribution in [-0.2, 0) is 18.4 Å². The summed E-state index contributed by atoms with van der Waals surface area (Å²) in [7, 11) is 2.22. The van der Waals surface area contributed by atoms with E-state index < -0.39 is 0 Å². The molecule has 0 spiro atoms. The summed E-state index contributed by atoms with van der Waals surface area (Å²) in [6.07, 6.45) is 3.62. The van der Waals surface area contributed by atoms with Crippen molar-refractivity contribution in [1.82, 2.24) is 9.80 Å². The van der Waals surface area contributed by atoms with Crippen molar-refractivity contribution in [2.75, 3.05) is 20.1 Å². The largest absolute Gasteiger partial charge is 0.374 e. The van der Waals surface area contributed by atoms with Gasteiger partial charge in [0, 0.05) is 38.4 Å². The number of likely N-dealkylation sites (tertiary alicyclic amines) is 1. The van der Waals surface area contributed by atoms with Gasteiger partial charge in [0.05, 0.1) is 0 Å². The third-order valence-corrected chi connectivity index (χ3v) is 6.67. The van der Waals surface area contributed by atoms with E-state index >= 15 is 0 Å². The van der Waals surface area contributed by atoms with Crippen LogP contribution in [-0.4, -0.2) is 36.0 Å². The highest BCUT2D eigenvalue weighted by Crippen LogP contribution is 2.37. The predicted molar refractivity (Wildman–Crippen MR) is 108 cm³/mol. The molecule has 1 atom stereocenters. The van der Waals surface area contributed by atoms with Crippen LogP contribution in [0.15, 0.2) is 12.3 Å². The number of hydrogen-bond acceptors (Lipinski definition) is 2. The lowest BCUT2D eigenvalue weighted by Gasteiger charge is -2.37. The van der Waals surface area contributed by atoms with Crippen molar-refractivity contribution < 1.29 is 0 Å². The molecule has 0 N–H and O–H groups in total. The normalized spacial score (nSPS) is 21.8. The van der Waals surface area contributed by atoms with E-state index in [-0.39, 0.29) is 5.41 Å². The number of allylic oxidation sites excluding steroid dienone is 1. The summed E-state index contributed by atoms with van der Waals surface area (Å²) < 4.78 is 0. The van der Waals surface area contributed by atoms with E-state index in [0.29, 0.717) is 6.04 Å². The van der Waals surface area contributed by atoms with Crippen LogP contribution in [0.25, 0.3) is 0 Å². The van der Waals surface area contributed by atoms with Gasteiger partial charge in [-0.1, -0.05) is 27.4 Å². The number of benzene rings is 1. The van der Waals surface area contributed by atoms with Crippen LogP contribution in [0.3, 0.4) is 0 Å². The Labute approximate surface area is 154 Å². The Balaban J connectivity index is 1.88. The van der Waals surface area contributed by atoms with Gasteiger partial charge < -0.3 is 4.90 Å². The van der Waals surface area contributed by atoms with Crippen molar-refractivity contribution >= 4 is 0 Å². The molecule has 2 nitrogen and oxygen atoms in total. The van der Waals surface area contributed by atoms with E-state index in [1.165, 1.54) is 42.8 Å². The Morgan fingerprint density at radius 2 is 1.68 bits per heavy atom. The molecule has 0 aliphatic carbocycles. The molecule has 1 aromatic carbocycles. The molecule has 1 aromatic rings. The lowest BCUT2D eigenvalue weighted by molar-refractivity contribution is 0.190. The quantitative estimate of drug-likeness (QED) is 0.757. The highest BCUT2D eigenvalue weighted by molar-refractivity contribution is 5.53. The van der Waals surface area contributed by atoms with Gasteiger partial charge in [0.15, 0.2) is 0 Å². The minimum atomic E-state index is 0.220. The molecule has 0 bridgehead atoms.